The molecule has 0 aliphatic rings. The van der Waals surface area contributed by atoms with E-state index in [0.29, 0.717) is 0 Å². The van der Waals surface area contributed by atoms with Gasteiger partial charge in [-0.2, -0.15) is 0 Å². The van der Waals surface area contributed by atoms with E-state index in [0.717, 1.165) is 6.92 Å². The third kappa shape index (κ3) is 9.49. The third-order valence-electron chi connectivity index (χ3n) is 1.54. The molecule has 0 radical (unpaired) electrons. The van der Waals surface area contributed by atoms with Gasteiger partial charge < -0.3 is 34.0 Å². The highest BCUT2D eigenvalue weighted by molar-refractivity contribution is 7.45. The number of carbonyl (C=O) groups is 1. The molecule has 2 unspecified atom stereocenters. The molecule has 3 N–H and O–H groups in total. The molecule has 10 heteroatoms. The molecule has 3 atom stereocenters. The van der Waals surface area contributed by atoms with Gasteiger partial charge in [0.2, 0.25) is 0 Å². The number of ether oxygens (including phenoxy) is 1. The van der Waals surface area contributed by atoms with Crippen molar-refractivity contribution in [2.45, 2.75) is 19.1 Å². The van der Waals surface area contributed by atoms with Crippen LogP contribution in [0.15, 0.2) is 0 Å². The second-order valence-corrected chi connectivity index (χ2v) is 4.74. The monoisotopic (exact) mass is 287 g/mol. The third-order valence-corrected chi connectivity index (χ3v) is 2.47. The van der Waals surface area contributed by atoms with Crippen molar-refractivity contribution in [3.63, 3.8) is 0 Å². The van der Waals surface area contributed by atoms with Gasteiger partial charge in [-0.25, -0.2) is 0 Å². The lowest BCUT2D eigenvalue weighted by atomic mass is 10.4. The maximum atomic E-state index is 11.1. The van der Waals surface area contributed by atoms with Gasteiger partial charge in [0.1, 0.15) is 18.8 Å². The van der Waals surface area contributed by atoms with E-state index in [9.17, 15) is 19.4 Å². The number of aliphatic hydroxyl groups excluding tert-OH is 3. The van der Waals surface area contributed by atoms with E-state index in [1.54, 1.807) is 0 Å². The van der Waals surface area contributed by atoms with Crippen LogP contribution in [-0.2, 0) is 23.1 Å². The van der Waals surface area contributed by atoms with Gasteiger partial charge in [-0.15, -0.1) is 0 Å². The van der Waals surface area contributed by atoms with E-state index >= 15 is 0 Å². The van der Waals surface area contributed by atoms with Crippen LogP contribution < -0.4 is 4.89 Å². The van der Waals surface area contributed by atoms with Crippen LogP contribution in [0.4, 0.5) is 0 Å². The maximum absolute atomic E-state index is 11.1. The lowest BCUT2D eigenvalue weighted by Gasteiger charge is -2.24. The zero-order chi connectivity index (χ0) is 14.2. The largest absolute Gasteiger partial charge is 0.756 e. The Balaban J connectivity index is 3.87. The van der Waals surface area contributed by atoms with Crippen molar-refractivity contribution >= 4 is 13.8 Å². The summed E-state index contributed by atoms with van der Waals surface area (Å²) in [6.45, 7) is -1.24. The summed E-state index contributed by atoms with van der Waals surface area (Å²) < 4.78 is 23.9. The van der Waals surface area contributed by atoms with Gasteiger partial charge in [-0.05, 0) is 0 Å². The summed E-state index contributed by atoms with van der Waals surface area (Å²) in [7, 11) is -4.68. The van der Waals surface area contributed by atoms with Crippen molar-refractivity contribution in [2.24, 2.45) is 0 Å². The molecule has 0 aromatic rings. The molecule has 9 nitrogen and oxygen atoms in total. The lowest BCUT2D eigenvalue weighted by molar-refractivity contribution is -0.229. The van der Waals surface area contributed by atoms with E-state index in [4.69, 9.17) is 10.2 Å². The van der Waals surface area contributed by atoms with Crippen molar-refractivity contribution in [3.8, 4) is 0 Å². The maximum Gasteiger partial charge on any atom is 0.302 e. The number of phosphoric acid groups is 1. The Morgan fingerprint density at radius 2 is 1.72 bits per heavy atom. The van der Waals surface area contributed by atoms with Crippen molar-refractivity contribution in [2.75, 3.05) is 26.4 Å². The molecule has 0 amide bonds. The molecule has 0 spiro atoms. The highest BCUT2D eigenvalue weighted by Gasteiger charge is 2.15. The first-order valence-electron chi connectivity index (χ1n) is 4.97. The second-order valence-electron chi connectivity index (χ2n) is 3.33. The summed E-state index contributed by atoms with van der Waals surface area (Å²) in [5, 5.41) is 26.4. The van der Waals surface area contributed by atoms with Gasteiger partial charge in [-0.1, -0.05) is 0 Å². The van der Waals surface area contributed by atoms with Crippen molar-refractivity contribution in [3.05, 3.63) is 0 Å². The molecular formula is C8H16O9P-. The Labute approximate surface area is 104 Å². The van der Waals surface area contributed by atoms with E-state index in [1.165, 1.54) is 0 Å². The number of carbonyl (C=O) groups excluding carboxylic acids is 1. The van der Waals surface area contributed by atoms with Crippen LogP contribution in [0.3, 0.4) is 0 Å². The quantitative estimate of drug-likeness (QED) is 0.316. The molecule has 18 heavy (non-hydrogen) atoms. The van der Waals surface area contributed by atoms with Crippen LogP contribution in [-0.4, -0.2) is 59.9 Å². The minimum absolute atomic E-state index is 0.408. The molecule has 0 aromatic heterocycles. The number of rotatable bonds is 9. The van der Waals surface area contributed by atoms with Crippen LogP contribution in [0, 0.1) is 0 Å². The second kappa shape index (κ2) is 8.54. The van der Waals surface area contributed by atoms with Gasteiger partial charge in [-0.3, -0.25) is 9.36 Å². The number of hydrogen-bond donors (Lipinski definition) is 3. The molecule has 0 bridgehead atoms. The minimum Gasteiger partial charge on any atom is -0.756 e. The minimum atomic E-state index is -4.68. The normalized spacial score (nSPS) is 17.8. The highest BCUT2D eigenvalue weighted by atomic mass is 31.2. The van der Waals surface area contributed by atoms with Crippen molar-refractivity contribution < 1.29 is 43.4 Å². The Morgan fingerprint density at radius 3 is 2.17 bits per heavy atom. The fourth-order valence-corrected chi connectivity index (χ4v) is 1.49. The summed E-state index contributed by atoms with van der Waals surface area (Å²) >= 11 is 0. The average molecular weight is 287 g/mol. The Hall–Kier alpha value is -0.540. The molecule has 0 heterocycles. The summed E-state index contributed by atoms with van der Waals surface area (Å²) in [5.74, 6) is -0.623. The van der Waals surface area contributed by atoms with Gasteiger partial charge in [0, 0.05) is 6.92 Å². The fraction of sp³-hybridized carbons (Fsp3) is 0.875. The lowest BCUT2D eigenvalue weighted by Crippen LogP contribution is -2.25. The van der Waals surface area contributed by atoms with Crippen LogP contribution >= 0.6 is 7.82 Å². The first kappa shape index (κ1) is 17.5. The van der Waals surface area contributed by atoms with E-state index < -0.39 is 52.4 Å². The molecule has 0 rings (SSSR count). The molecular weight excluding hydrogens is 271 g/mol. The van der Waals surface area contributed by atoms with E-state index in [-0.39, 0.29) is 0 Å². The molecule has 0 aromatic carbocycles. The number of hydrogen-bond acceptors (Lipinski definition) is 9. The van der Waals surface area contributed by atoms with Gasteiger partial charge >= 0.3 is 5.97 Å². The van der Waals surface area contributed by atoms with Crippen LogP contribution in [0.2, 0.25) is 0 Å². The van der Waals surface area contributed by atoms with Crippen LogP contribution in [0.5, 0.6) is 0 Å². The standard InChI is InChI=1S/C8H17O9P/c1-6(10)15-3-8(12)5-17-18(13,14)16-4-7(11)2-9/h7-9,11-12H,2-5H2,1H3,(H,13,14)/p-1/t7?,8-/m1/s1. The van der Waals surface area contributed by atoms with Crippen LogP contribution in [0.25, 0.3) is 0 Å². The Morgan fingerprint density at radius 1 is 1.22 bits per heavy atom. The van der Waals surface area contributed by atoms with Gasteiger partial charge in [0.05, 0.1) is 19.8 Å². The van der Waals surface area contributed by atoms with Crippen LogP contribution in [0.1, 0.15) is 6.92 Å². The predicted octanol–water partition coefficient (Wildman–Crippen LogP) is -2.23. The summed E-state index contributed by atoms with van der Waals surface area (Å²) in [6.07, 6.45) is -2.66. The molecule has 0 saturated heterocycles. The smallest absolute Gasteiger partial charge is 0.302 e. The summed E-state index contributed by atoms with van der Waals surface area (Å²) in [6, 6.07) is 0. The first-order valence-corrected chi connectivity index (χ1v) is 6.43. The van der Waals surface area contributed by atoms with Gasteiger partial charge in [0.15, 0.2) is 0 Å². The topological polar surface area (TPSA) is 146 Å². The zero-order valence-electron chi connectivity index (χ0n) is 9.72. The Bertz CT molecular complexity index is 294. The molecule has 0 aliphatic carbocycles. The fourth-order valence-electron chi connectivity index (χ4n) is 0.706. The predicted molar refractivity (Wildman–Crippen MR) is 55.2 cm³/mol. The molecule has 0 saturated carbocycles. The van der Waals surface area contributed by atoms with Gasteiger partial charge in [0.25, 0.3) is 7.82 Å². The molecule has 108 valence electrons. The Kier molecular flexibility index (Phi) is 8.29. The SMILES string of the molecule is CC(=O)OC[C@@H](O)COP(=O)([O-])OCC(O)CO. The van der Waals surface area contributed by atoms with Crippen molar-refractivity contribution in [1.29, 1.82) is 0 Å². The highest BCUT2D eigenvalue weighted by Crippen LogP contribution is 2.38. The number of esters is 1. The van der Waals surface area contributed by atoms with E-state index in [2.05, 4.69) is 13.8 Å². The molecule has 0 aliphatic heterocycles. The molecule has 0 fully saturated rings. The summed E-state index contributed by atoms with van der Waals surface area (Å²) in [4.78, 5) is 21.5. The van der Waals surface area contributed by atoms with Crippen molar-refractivity contribution in [1.82, 2.24) is 0 Å². The number of phosphoric ester groups is 1. The number of aliphatic hydroxyl groups is 3. The van der Waals surface area contributed by atoms with E-state index in [1.807, 2.05) is 0 Å². The average Bonchev–Trinajstić information content (AvgIpc) is 2.31. The summed E-state index contributed by atoms with van der Waals surface area (Å²) in [5.41, 5.74) is 0. The zero-order valence-corrected chi connectivity index (χ0v) is 10.6. The first-order chi connectivity index (χ1) is 8.26.